The van der Waals surface area contributed by atoms with Crippen LogP contribution < -0.4 is 0 Å². The molecular formula is C22H25N5O2. The minimum Gasteiger partial charge on any atom is -0.459 e. The highest BCUT2D eigenvalue weighted by atomic mass is 16.5. The number of pyridine rings is 1. The van der Waals surface area contributed by atoms with Crippen LogP contribution in [0.25, 0.3) is 22.2 Å². The second kappa shape index (κ2) is 8.08. The summed E-state index contributed by atoms with van der Waals surface area (Å²) in [4.78, 5) is 20.2. The maximum absolute atomic E-state index is 12.7. The molecule has 3 heterocycles. The number of rotatable bonds is 6. The third kappa shape index (κ3) is 3.75. The fraction of sp³-hybridized carbons (Fsp3) is 0.455. The molecule has 0 spiro atoms. The van der Waals surface area contributed by atoms with Crippen molar-refractivity contribution in [3.05, 3.63) is 36.4 Å². The van der Waals surface area contributed by atoms with Crippen LogP contribution >= 0.6 is 0 Å². The standard InChI is InChI=1S/C22H25N5O2/c1-14(2)29-22(28)18-12-25-21-17(8-10-24-21)20(18)16-11-26-27(13-16)19(7-9-23)15-5-3-4-6-15/h8,10-15,19H,3-7H2,1-2H3,(H,24,25). The van der Waals surface area contributed by atoms with Crippen LogP contribution in [0.3, 0.4) is 0 Å². The fourth-order valence-electron chi connectivity index (χ4n) is 4.31. The molecule has 1 aliphatic carbocycles. The van der Waals surface area contributed by atoms with E-state index in [1.807, 2.05) is 30.8 Å². The first-order valence-corrected chi connectivity index (χ1v) is 10.2. The summed E-state index contributed by atoms with van der Waals surface area (Å²) in [7, 11) is 0. The molecule has 0 aliphatic heterocycles. The normalized spacial score (nSPS) is 15.7. The van der Waals surface area contributed by atoms with Gasteiger partial charge in [-0.3, -0.25) is 4.68 Å². The lowest BCUT2D eigenvalue weighted by Crippen LogP contribution is -2.17. The van der Waals surface area contributed by atoms with Gasteiger partial charge in [-0.1, -0.05) is 12.8 Å². The number of H-pyrrole nitrogens is 1. The van der Waals surface area contributed by atoms with Gasteiger partial charge in [0.1, 0.15) is 5.65 Å². The quantitative estimate of drug-likeness (QED) is 0.618. The summed E-state index contributed by atoms with van der Waals surface area (Å²) < 4.78 is 7.35. The summed E-state index contributed by atoms with van der Waals surface area (Å²) >= 11 is 0. The van der Waals surface area contributed by atoms with Crippen LogP contribution in [0.4, 0.5) is 0 Å². The van der Waals surface area contributed by atoms with Crippen LogP contribution in [0.1, 0.15) is 62.4 Å². The van der Waals surface area contributed by atoms with Crippen molar-refractivity contribution in [1.29, 1.82) is 5.26 Å². The Balaban J connectivity index is 1.77. The smallest absolute Gasteiger partial charge is 0.340 e. The third-order valence-electron chi connectivity index (χ3n) is 5.62. The number of hydrogen-bond acceptors (Lipinski definition) is 5. The van der Waals surface area contributed by atoms with E-state index in [-0.39, 0.29) is 12.1 Å². The number of hydrogen-bond donors (Lipinski definition) is 1. The van der Waals surface area contributed by atoms with Crippen LogP contribution in [0.2, 0.25) is 0 Å². The number of ether oxygens (including phenoxy) is 1. The molecule has 150 valence electrons. The first-order valence-electron chi connectivity index (χ1n) is 10.2. The number of nitrogens with zero attached hydrogens (tertiary/aromatic N) is 4. The summed E-state index contributed by atoms with van der Waals surface area (Å²) in [5.41, 5.74) is 2.71. The first-order chi connectivity index (χ1) is 14.1. The Morgan fingerprint density at radius 2 is 2.17 bits per heavy atom. The molecule has 7 nitrogen and oxygen atoms in total. The molecule has 1 fully saturated rings. The molecule has 29 heavy (non-hydrogen) atoms. The molecule has 3 aromatic rings. The maximum atomic E-state index is 12.7. The molecule has 0 bridgehead atoms. The van der Waals surface area contributed by atoms with Gasteiger partial charge in [0, 0.05) is 35.1 Å². The molecule has 0 amide bonds. The van der Waals surface area contributed by atoms with Crippen LogP contribution in [0.5, 0.6) is 0 Å². The van der Waals surface area contributed by atoms with Gasteiger partial charge in [0.05, 0.1) is 36.4 Å². The van der Waals surface area contributed by atoms with Crippen molar-refractivity contribution in [3.8, 4) is 17.2 Å². The highest BCUT2D eigenvalue weighted by molar-refractivity contribution is 6.06. The van der Waals surface area contributed by atoms with E-state index in [0.717, 1.165) is 29.4 Å². The molecule has 0 aromatic carbocycles. The number of carbonyl (C=O) groups is 1. The number of nitrogens with one attached hydrogen (secondary N) is 1. The lowest BCUT2D eigenvalue weighted by Gasteiger charge is -2.21. The molecule has 0 saturated heterocycles. The SMILES string of the molecule is CC(C)OC(=O)c1cnc2[nH]ccc2c1-c1cnn(C(CC#N)C2CCCC2)c1. The van der Waals surface area contributed by atoms with E-state index < -0.39 is 5.97 Å². The molecule has 1 unspecified atom stereocenters. The number of aromatic nitrogens is 4. The second-order valence-corrected chi connectivity index (χ2v) is 7.92. The lowest BCUT2D eigenvalue weighted by atomic mass is 9.96. The Morgan fingerprint density at radius 3 is 2.90 bits per heavy atom. The van der Waals surface area contributed by atoms with Gasteiger partial charge in [-0.05, 0) is 38.7 Å². The van der Waals surface area contributed by atoms with E-state index in [2.05, 4.69) is 21.1 Å². The number of aromatic amines is 1. The Bertz CT molecular complexity index is 1050. The molecular weight excluding hydrogens is 366 g/mol. The molecule has 1 atom stereocenters. The highest BCUT2D eigenvalue weighted by Crippen LogP contribution is 2.37. The maximum Gasteiger partial charge on any atom is 0.340 e. The van der Waals surface area contributed by atoms with E-state index >= 15 is 0 Å². The Labute approximate surface area is 169 Å². The van der Waals surface area contributed by atoms with Crippen LogP contribution in [-0.2, 0) is 4.74 Å². The van der Waals surface area contributed by atoms with Gasteiger partial charge < -0.3 is 9.72 Å². The second-order valence-electron chi connectivity index (χ2n) is 7.92. The Morgan fingerprint density at radius 1 is 1.38 bits per heavy atom. The Hall–Kier alpha value is -3.14. The van der Waals surface area contributed by atoms with Crippen molar-refractivity contribution in [2.75, 3.05) is 0 Å². The van der Waals surface area contributed by atoms with Crippen LogP contribution in [-0.4, -0.2) is 31.8 Å². The molecule has 0 radical (unpaired) electrons. The van der Waals surface area contributed by atoms with Crippen molar-refractivity contribution >= 4 is 17.0 Å². The number of esters is 1. The van der Waals surface area contributed by atoms with Gasteiger partial charge in [-0.15, -0.1) is 0 Å². The van der Waals surface area contributed by atoms with Crippen molar-refractivity contribution in [2.24, 2.45) is 5.92 Å². The number of carbonyl (C=O) groups excluding carboxylic acids is 1. The minimum atomic E-state index is -0.400. The molecule has 1 saturated carbocycles. The topological polar surface area (TPSA) is 96.6 Å². The summed E-state index contributed by atoms with van der Waals surface area (Å²) in [5.74, 6) is 0.0696. The van der Waals surface area contributed by atoms with E-state index in [4.69, 9.17) is 4.74 Å². The zero-order valence-corrected chi connectivity index (χ0v) is 16.8. The van der Waals surface area contributed by atoms with Crippen molar-refractivity contribution < 1.29 is 9.53 Å². The predicted octanol–water partition coefficient (Wildman–Crippen LogP) is 4.64. The van der Waals surface area contributed by atoms with E-state index in [1.165, 1.54) is 12.8 Å². The van der Waals surface area contributed by atoms with Gasteiger partial charge in [-0.2, -0.15) is 10.4 Å². The fourth-order valence-corrected chi connectivity index (χ4v) is 4.31. The predicted molar refractivity (Wildman–Crippen MR) is 109 cm³/mol. The Kier molecular flexibility index (Phi) is 5.34. The van der Waals surface area contributed by atoms with Gasteiger partial charge >= 0.3 is 5.97 Å². The molecule has 1 aliphatic rings. The monoisotopic (exact) mass is 391 g/mol. The number of nitriles is 1. The number of fused-ring (bicyclic) bond motifs is 1. The average molecular weight is 391 g/mol. The summed E-state index contributed by atoms with van der Waals surface area (Å²) in [6, 6.07) is 4.29. The average Bonchev–Trinajstić information content (AvgIpc) is 3.46. The molecule has 7 heteroatoms. The van der Waals surface area contributed by atoms with Crippen LogP contribution in [0, 0.1) is 17.2 Å². The van der Waals surface area contributed by atoms with Gasteiger partial charge in [0.2, 0.25) is 0 Å². The molecule has 3 aromatic heterocycles. The van der Waals surface area contributed by atoms with E-state index in [0.29, 0.717) is 23.5 Å². The summed E-state index contributed by atoms with van der Waals surface area (Å²) in [6.45, 7) is 3.65. The highest BCUT2D eigenvalue weighted by Gasteiger charge is 2.28. The minimum absolute atomic E-state index is 0.0610. The van der Waals surface area contributed by atoms with Crippen molar-refractivity contribution in [2.45, 2.75) is 58.1 Å². The van der Waals surface area contributed by atoms with Crippen LogP contribution in [0.15, 0.2) is 30.9 Å². The van der Waals surface area contributed by atoms with Gasteiger partial charge in [0.15, 0.2) is 0 Å². The zero-order valence-electron chi connectivity index (χ0n) is 16.8. The largest absolute Gasteiger partial charge is 0.459 e. The molecule has 1 N–H and O–H groups in total. The van der Waals surface area contributed by atoms with E-state index in [1.54, 1.807) is 18.6 Å². The third-order valence-corrected chi connectivity index (χ3v) is 5.62. The van der Waals surface area contributed by atoms with Gasteiger partial charge in [-0.25, -0.2) is 9.78 Å². The first kappa shape index (κ1) is 19.2. The van der Waals surface area contributed by atoms with E-state index in [9.17, 15) is 10.1 Å². The summed E-state index contributed by atoms with van der Waals surface area (Å²) in [5, 5.41) is 14.8. The molecule has 4 rings (SSSR count). The van der Waals surface area contributed by atoms with Crippen molar-refractivity contribution in [1.82, 2.24) is 19.7 Å². The lowest BCUT2D eigenvalue weighted by molar-refractivity contribution is 0.0378. The van der Waals surface area contributed by atoms with Crippen molar-refractivity contribution in [3.63, 3.8) is 0 Å². The zero-order chi connectivity index (χ0) is 20.4. The summed E-state index contributed by atoms with van der Waals surface area (Å²) in [6.07, 6.45) is 12.0. The van der Waals surface area contributed by atoms with Gasteiger partial charge in [0.25, 0.3) is 0 Å².